The van der Waals surface area contributed by atoms with Gasteiger partial charge in [-0.3, -0.25) is 9.59 Å². The van der Waals surface area contributed by atoms with Gasteiger partial charge in [-0.25, -0.2) is 13.6 Å². The molecule has 3 unspecified atom stereocenters. The van der Waals surface area contributed by atoms with Crippen molar-refractivity contribution >= 4 is 18.0 Å². The molecule has 35 heavy (non-hydrogen) atoms. The summed E-state index contributed by atoms with van der Waals surface area (Å²) < 4.78 is 32.7. The maximum absolute atomic E-state index is 13.7. The zero-order valence-electron chi connectivity index (χ0n) is 19.3. The van der Waals surface area contributed by atoms with E-state index in [-0.39, 0.29) is 25.1 Å². The number of carbonyl (C=O) groups is 3. The number of carboxylic acid groups (broad SMARTS) is 1. The largest absolute Gasteiger partial charge is 0.481 e. The van der Waals surface area contributed by atoms with Crippen molar-refractivity contribution in [3.63, 3.8) is 0 Å². The third-order valence-electron chi connectivity index (χ3n) is 6.90. The van der Waals surface area contributed by atoms with Gasteiger partial charge >= 0.3 is 12.1 Å². The Balaban J connectivity index is 1.37. The highest BCUT2D eigenvalue weighted by Gasteiger charge is 2.36. The Hall–Kier alpha value is -3.49. The van der Waals surface area contributed by atoms with Crippen LogP contribution in [0.2, 0.25) is 0 Å². The molecule has 3 atom stereocenters. The molecule has 1 fully saturated rings. The van der Waals surface area contributed by atoms with Crippen LogP contribution in [-0.2, 0) is 14.3 Å². The summed E-state index contributed by atoms with van der Waals surface area (Å²) in [6.07, 6.45) is -3.76. The van der Waals surface area contributed by atoms with Gasteiger partial charge in [-0.2, -0.15) is 0 Å². The number of ether oxygens (including phenoxy) is 1. The van der Waals surface area contributed by atoms with Gasteiger partial charge in [-0.15, -0.1) is 0 Å². The number of amides is 2. The first kappa shape index (κ1) is 24.6. The fourth-order valence-corrected chi connectivity index (χ4v) is 4.96. The Labute approximate surface area is 202 Å². The van der Waals surface area contributed by atoms with Gasteiger partial charge < -0.3 is 20.1 Å². The summed E-state index contributed by atoms with van der Waals surface area (Å²) in [5.41, 5.74) is 4.08. The summed E-state index contributed by atoms with van der Waals surface area (Å²) in [6.45, 7) is 1.69. The molecule has 9 heteroatoms. The molecule has 2 aliphatic rings. The average molecular weight is 487 g/mol. The number of piperidine rings is 1. The predicted octanol–water partition coefficient (Wildman–Crippen LogP) is 4.26. The van der Waals surface area contributed by atoms with Crippen molar-refractivity contribution in [3.8, 4) is 11.1 Å². The van der Waals surface area contributed by atoms with Crippen LogP contribution >= 0.6 is 0 Å². The lowest BCUT2D eigenvalue weighted by atomic mass is 9.93. The van der Waals surface area contributed by atoms with Crippen LogP contribution in [0.15, 0.2) is 48.5 Å². The minimum absolute atomic E-state index is 0.0315. The van der Waals surface area contributed by atoms with Crippen molar-refractivity contribution in [2.24, 2.45) is 5.92 Å². The van der Waals surface area contributed by atoms with E-state index in [2.05, 4.69) is 5.32 Å². The van der Waals surface area contributed by atoms with Crippen LogP contribution in [0.25, 0.3) is 11.1 Å². The second-order valence-electron chi connectivity index (χ2n) is 9.12. The number of nitrogens with one attached hydrogen (secondary N) is 1. The highest BCUT2D eigenvalue weighted by atomic mass is 19.3. The third-order valence-corrected chi connectivity index (χ3v) is 6.90. The highest BCUT2D eigenvalue weighted by molar-refractivity contribution is 5.80. The summed E-state index contributed by atoms with van der Waals surface area (Å²) in [6, 6.07) is 13.5. The van der Waals surface area contributed by atoms with E-state index in [0.29, 0.717) is 12.8 Å². The number of benzene rings is 2. The lowest BCUT2D eigenvalue weighted by molar-refractivity contribution is -0.147. The van der Waals surface area contributed by atoms with E-state index >= 15 is 0 Å². The molecule has 1 aliphatic carbocycles. The number of nitrogens with zero attached hydrogens (tertiary/aromatic N) is 1. The summed E-state index contributed by atoms with van der Waals surface area (Å²) >= 11 is 0. The Morgan fingerprint density at radius 3 is 2.23 bits per heavy atom. The molecule has 0 saturated carbocycles. The van der Waals surface area contributed by atoms with Crippen LogP contribution in [0.3, 0.4) is 0 Å². The average Bonchev–Trinajstić information content (AvgIpc) is 3.16. The first-order valence-corrected chi connectivity index (χ1v) is 11.7. The van der Waals surface area contributed by atoms with Gasteiger partial charge in [0, 0.05) is 18.5 Å². The second kappa shape index (κ2) is 10.4. The maximum Gasteiger partial charge on any atom is 0.407 e. The first-order chi connectivity index (χ1) is 16.8. The van der Waals surface area contributed by atoms with Crippen LogP contribution in [0.5, 0.6) is 0 Å². The zero-order valence-corrected chi connectivity index (χ0v) is 19.3. The molecule has 7 nitrogen and oxygen atoms in total. The molecule has 1 heterocycles. The number of alkyl carbamates (subject to hydrolysis) is 1. The molecule has 0 bridgehead atoms. The SMILES string of the molecule is CC1CCC(C(=O)O)CN1C(=O)CC(NC(=O)OCC1c2ccccc2-c2ccccc21)C(F)F. The fraction of sp³-hybridized carbons (Fsp3) is 0.423. The van der Waals surface area contributed by atoms with E-state index in [1.807, 2.05) is 48.5 Å². The smallest absolute Gasteiger partial charge is 0.407 e. The van der Waals surface area contributed by atoms with Crippen LogP contribution in [0.1, 0.15) is 43.2 Å². The molecule has 0 spiro atoms. The number of hydrogen-bond donors (Lipinski definition) is 2. The van der Waals surface area contributed by atoms with E-state index in [9.17, 15) is 28.3 Å². The Bertz CT molecular complexity index is 1060. The van der Waals surface area contributed by atoms with Crippen molar-refractivity contribution in [2.75, 3.05) is 13.2 Å². The van der Waals surface area contributed by atoms with Crippen molar-refractivity contribution < 1.29 is 33.0 Å². The van der Waals surface area contributed by atoms with E-state index in [4.69, 9.17) is 4.74 Å². The Morgan fingerprint density at radius 1 is 1.06 bits per heavy atom. The molecular formula is C26H28F2N2O5. The summed E-state index contributed by atoms with van der Waals surface area (Å²) in [5, 5.41) is 11.4. The molecule has 2 N–H and O–H groups in total. The van der Waals surface area contributed by atoms with Crippen LogP contribution in [-0.4, -0.2) is 59.6 Å². The molecule has 2 amide bonds. The van der Waals surface area contributed by atoms with E-state index in [1.54, 1.807) is 6.92 Å². The van der Waals surface area contributed by atoms with Gasteiger partial charge in [-0.1, -0.05) is 48.5 Å². The first-order valence-electron chi connectivity index (χ1n) is 11.7. The van der Waals surface area contributed by atoms with Gasteiger partial charge in [0.25, 0.3) is 6.43 Å². The zero-order chi connectivity index (χ0) is 25.1. The molecule has 2 aromatic carbocycles. The van der Waals surface area contributed by atoms with Gasteiger partial charge in [0.15, 0.2) is 0 Å². The number of carbonyl (C=O) groups excluding carboxylic acids is 2. The van der Waals surface area contributed by atoms with Gasteiger partial charge in [-0.05, 0) is 42.0 Å². The summed E-state index contributed by atoms with van der Waals surface area (Å²) in [5.74, 6) is -2.58. The van der Waals surface area contributed by atoms with Crippen LogP contribution < -0.4 is 5.32 Å². The Kier molecular flexibility index (Phi) is 7.33. The predicted molar refractivity (Wildman–Crippen MR) is 124 cm³/mol. The fourth-order valence-electron chi connectivity index (χ4n) is 4.96. The van der Waals surface area contributed by atoms with Crippen LogP contribution in [0, 0.1) is 5.92 Å². The second-order valence-corrected chi connectivity index (χ2v) is 9.12. The topological polar surface area (TPSA) is 95.9 Å². The van der Waals surface area contributed by atoms with Crippen molar-refractivity contribution in [2.45, 2.75) is 50.6 Å². The van der Waals surface area contributed by atoms with Crippen molar-refractivity contribution in [1.29, 1.82) is 0 Å². The monoisotopic (exact) mass is 486 g/mol. The van der Waals surface area contributed by atoms with E-state index in [1.165, 1.54) is 4.90 Å². The van der Waals surface area contributed by atoms with Crippen LogP contribution in [0.4, 0.5) is 13.6 Å². The van der Waals surface area contributed by atoms with E-state index < -0.39 is 42.8 Å². The lowest BCUT2D eigenvalue weighted by Crippen LogP contribution is -2.50. The van der Waals surface area contributed by atoms with Gasteiger partial charge in [0.2, 0.25) is 5.91 Å². The number of halogens is 2. The maximum atomic E-state index is 13.7. The molecule has 1 saturated heterocycles. The van der Waals surface area contributed by atoms with Crippen molar-refractivity contribution in [3.05, 3.63) is 59.7 Å². The highest BCUT2D eigenvalue weighted by Crippen LogP contribution is 2.44. The Morgan fingerprint density at radius 2 is 1.66 bits per heavy atom. The standard InChI is InChI=1S/C26H28F2N2O5/c1-15-10-11-16(25(32)33)13-30(15)23(31)12-22(24(27)28)29-26(34)35-14-21-19-8-4-2-6-17(19)18-7-3-5-9-20(18)21/h2-9,15-16,21-22,24H,10-14H2,1H3,(H,29,34)(H,32,33). The number of alkyl halides is 2. The lowest BCUT2D eigenvalue weighted by Gasteiger charge is -2.37. The van der Waals surface area contributed by atoms with Gasteiger partial charge in [0.05, 0.1) is 12.3 Å². The summed E-state index contributed by atoms with van der Waals surface area (Å²) in [7, 11) is 0. The van der Waals surface area contributed by atoms with Gasteiger partial charge in [0.1, 0.15) is 12.6 Å². The summed E-state index contributed by atoms with van der Waals surface area (Å²) in [4.78, 5) is 37.8. The molecule has 4 rings (SSSR count). The molecular weight excluding hydrogens is 458 g/mol. The normalized spacial score (nSPS) is 20.2. The van der Waals surface area contributed by atoms with E-state index in [0.717, 1.165) is 22.3 Å². The number of aliphatic carboxylic acids is 1. The number of likely N-dealkylation sites (tertiary alicyclic amines) is 1. The van der Waals surface area contributed by atoms with Crippen molar-refractivity contribution in [1.82, 2.24) is 10.2 Å². The quantitative estimate of drug-likeness (QED) is 0.610. The molecule has 1 aliphatic heterocycles. The number of rotatable bonds is 7. The minimum Gasteiger partial charge on any atom is -0.481 e. The molecule has 0 radical (unpaired) electrons. The number of fused-ring (bicyclic) bond motifs is 3. The molecule has 186 valence electrons. The third kappa shape index (κ3) is 5.28. The number of hydrogen-bond acceptors (Lipinski definition) is 4. The number of carboxylic acids is 1. The molecule has 0 aromatic heterocycles. The molecule has 2 aromatic rings. The minimum atomic E-state index is -2.99.